The van der Waals surface area contributed by atoms with Crippen molar-refractivity contribution in [1.29, 1.82) is 0 Å². The predicted molar refractivity (Wildman–Crippen MR) is 120 cm³/mol. The molecule has 0 aliphatic carbocycles. The molecule has 2 N–H and O–H groups in total. The molecule has 1 aromatic carbocycles. The Bertz CT molecular complexity index is 1210. The summed E-state index contributed by atoms with van der Waals surface area (Å²) >= 11 is 2.96. The molecule has 31 heavy (non-hydrogen) atoms. The molecular formula is C22H18N4O3S2. The van der Waals surface area contributed by atoms with E-state index in [0.29, 0.717) is 11.4 Å². The Labute approximate surface area is 186 Å². The fourth-order valence-electron chi connectivity index (χ4n) is 2.74. The van der Waals surface area contributed by atoms with Gasteiger partial charge in [0.1, 0.15) is 5.70 Å². The number of aromatic nitrogens is 2. The van der Waals surface area contributed by atoms with Gasteiger partial charge >= 0.3 is 0 Å². The number of aryl methyl sites for hydroxylation is 1. The van der Waals surface area contributed by atoms with Crippen molar-refractivity contribution < 1.29 is 14.1 Å². The number of benzene rings is 1. The van der Waals surface area contributed by atoms with Crippen LogP contribution in [-0.4, -0.2) is 22.0 Å². The average molecular weight is 451 g/mol. The summed E-state index contributed by atoms with van der Waals surface area (Å²) in [5, 5.41) is 13.2. The molecule has 2 amide bonds. The zero-order valence-electron chi connectivity index (χ0n) is 16.5. The third-order valence-electron chi connectivity index (χ3n) is 4.21. The van der Waals surface area contributed by atoms with E-state index in [9.17, 15) is 9.59 Å². The lowest BCUT2D eigenvalue weighted by Gasteiger charge is -2.10. The summed E-state index contributed by atoms with van der Waals surface area (Å²) in [6.07, 6.45) is 1.64. The maximum absolute atomic E-state index is 12.8. The van der Waals surface area contributed by atoms with Crippen LogP contribution in [-0.2, 0) is 11.3 Å². The minimum Gasteiger partial charge on any atom is -0.342 e. The van der Waals surface area contributed by atoms with Crippen LogP contribution in [0.2, 0.25) is 0 Å². The molecule has 4 aromatic rings. The second-order valence-electron chi connectivity index (χ2n) is 6.57. The molecule has 9 heteroatoms. The lowest BCUT2D eigenvalue weighted by atomic mass is 10.1. The first-order valence-electron chi connectivity index (χ1n) is 9.36. The van der Waals surface area contributed by atoms with Crippen LogP contribution in [0.4, 0.5) is 0 Å². The van der Waals surface area contributed by atoms with Crippen molar-refractivity contribution in [2.45, 2.75) is 13.5 Å². The van der Waals surface area contributed by atoms with Crippen LogP contribution >= 0.6 is 22.7 Å². The van der Waals surface area contributed by atoms with Gasteiger partial charge in [-0.05, 0) is 48.0 Å². The highest BCUT2D eigenvalue weighted by molar-refractivity contribution is 7.13. The van der Waals surface area contributed by atoms with E-state index in [2.05, 4.69) is 20.8 Å². The first kappa shape index (κ1) is 20.7. The quantitative estimate of drug-likeness (QED) is 0.410. The fraction of sp³-hybridized carbons (Fsp3) is 0.0909. The molecule has 3 heterocycles. The van der Waals surface area contributed by atoms with Crippen molar-refractivity contribution in [1.82, 2.24) is 20.8 Å². The normalized spacial score (nSPS) is 11.3. The Hall–Kier alpha value is -3.56. The Kier molecular flexibility index (Phi) is 6.34. The van der Waals surface area contributed by atoms with E-state index in [1.165, 1.54) is 22.7 Å². The average Bonchev–Trinajstić information content (AvgIpc) is 3.54. The van der Waals surface area contributed by atoms with Gasteiger partial charge in [-0.1, -0.05) is 35.0 Å². The van der Waals surface area contributed by atoms with Crippen molar-refractivity contribution in [3.05, 3.63) is 86.9 Å². The number of thiophene rings is 2. The lowest BCUT2D eigenvalue weighted by molar-refractivity contribution is -0.118. The van der Waals surface area contributed by atoms with Crippen molar-refractivity contribution in [2.75, 3.05) is 0 Å². The van der Waals surface area contributed by atoms with E-state index >= 15 is 0 Å². The molecule has 0 spiro atoms. The highest BCUT2D eigenvalue weighted by atomic mass is 32.1. The molecule has 0 radical (unpaired) electrons. The second kappa shape index (κ2) is 9.50. The van der Waals surface area contributed by atoms with E-state index < -0.39 is 5.91 Å². The number of nitrogens with one attached hydrogen (secondary N) is 2. The van der Waals surface area contributed by atoms with E-state index in [0.717, 1.165) is 15.3 Å². The molecule has 0 saturated carbocycles. The zero-order chi connectivity index (χ0) is 21.6. The number of rotatable bonds is 7. The summed E-state index contributed by atoms with van der Waals surface area (Å²) < 4.78 is 5.21. The number of carbonyl (C=O) groups is 2. The summed E-state index contributed by atoms with van der Waals surface area (Å²) in [6, 6.07) is 14.7. The summed E-state index contributed by atoms with van der Waals surface area (Å²) in [6.45, 7) is 1.94. The van der Waals surface area contributed by atoms with Gasteiger partial charge in [-0.2, -0.15) is 4.98 Å². The number of hydrogen-bond acceptors (Lipinski definition) is 7. The molecule has 0 fully saturated rings. The van der Waals surface area contributed by atoms with Crippen LogP contribution in [0.15, 0.2) is 69.5 Å². The number of carbonyl (C=O) groups excluding carboxylic acids is 2. The Morgan fingerprint density at radius 2 is 1.94 bits per heavy atom. The summed E-state index contributed by atoms with van der Waals surface area (Å²) in [7, 11) is 0. The van der Waals surface area contributed by atoms with Gasteiger partial charge < -0.3 is 15.2 Å². The standard InChI is InChI=1S/C22H18N4O3S2/c1-14-5-2-6-15(11-14)21(27)24-17(12-16-7-3-9-30-16)22(28)23-13-19-25-20(26-29-19)18-8-4-10-31-18/h2-12H,13H2,1H3,(H,23,28)(H,24,27)/b17-12-. The lowest BCUT2D eigenvalue weighted by Crippen LogP contribution is -2.34. The highest BCUT2D eigenvalue weighted by Gasteiger charge is 2.17. The molecule has 0 aliphatic rings. The molecule has 4 rings (SSSR count). The Balaban J connectivity index is 1.47. The molecule has 0 unspecified atom stereocenters. The van der Waals surface area contributed by atoms with Gasteiger partial charge in [-0.25, -0.2) is 0 Å². The Morgan fingerprint density at radius 3 is 2.68 bits per heavy atom. The first-order valence-corrected chi connectivity index (χ1v) is 11.1. The summed E-state index contributed by atoms with van der Waals surface area (Å²) in [4.78, 5) is 31.5. The molecule has 0 bridgehead atoms. The van der Waals surface area contributed by atoms with E-state index in [-0.39, 0.29) is 24.0 Å². The van der Waals surface area contributed by atoms with Gasteiger partial charge in [0, 0.05) is 10.4 Å². The molecule has 0 aliphatic heterocycles. The maximum Gasteiger partial charge on any atom is 0.268 e. The molecule has 3 aromatic heterocycles. The van der Waals surface area contributed by atoms with Gasteiger partial charge in [0.05, 0.1) is 11.4 Å². The van der Waals surface area contributed by atoms with Crippen LogP contribution in [0, 0.1) is 6.92 Å². The van der Waals surface area contributed by atoms with Crippen molar-refractivity contribution in [3.63, 3.8) is 0 Å². The smallest absolute Gasteiger partial charge is 0.268 e. The highest BCUT2D eigenvalue weighted by Crippen LogP contribution is 2.21. The molecule has 0 atom stereocenters. The van der Waals surface area contributed by atoms with Gasteiger partial charge in [0.25, 0.3) is 11.8 Å². The minimum atomic E-state index is -0.453. The van der Waals surface area contributed by atoms with Crippen molar-refractivity contribution in [2.24, 2.45) is 0 Å². The number of hydrogen-bond donors (Lipinski definition) is 2. The van der Waals surface area contributed by atoms with Crippen LogP contribution in [0.25, 0.3) is 16.8 Å². The second-order valence-corrected chi connectivity index (χ2v) is 8.50. The topological polar surface area (TPSA) is 97.1 Å². The molecule has 0 saturated heterocycles. The monoisotopic (exact) mass is 450 g/mol. The van der Waals surface area contributed by atoms with E-state index in [4.69, 9.17) is 4.52 Å². The SMILES string of the molecule is Cc1cccc(C(=O)N/C(=C\c2cccs2)C(=O)NCc2nc(-c3cccs3)no2)c1. The maximum atomic E-state index is 12.8. The predicted octanol–water partition coefficient (Wildman–Crippen LogP) is 4.26. The van der Waals surface area contributed by atoms with Crippen molar-refractivity contribution >= 4 is 40.6 Å². The summed E-state index contributed by atoms with van der Waals surface area (Å²) in [5.41, 5.74) is 1.56. The zero-order valence-corrected chi connectivity index (χ0v) is 18.1. The van der Waals surface area contributed by atoms with Crippen molar-refractivity contribution in [3.8, 4) is 10.7 Å². The van der Waals surface area contributed by atoms with Gasteiger partial charge in [0.2, 0.25) is 11.7 Å². The van der Waals surface area contributed by atoms with Crippen LogP contribution in [0.5, 0.6) is 0 Å². The summed E-state index contributed by atoms with van der Waals surface area (Å²) in [5.74, 6) is -0.0664. The van der Waals surface area contributed by atoms with Gasteiger partial charge in [0.15, 0.2) is 0 Å². The van der Waals surface area contributed by atoms with E-state index in [1.54, 1.807) is 24.3 Å². The number of nitrogens with zero attached hydrogens (tertiary/aromatic N) is 2. The minimum absolute atomic E-state index is 0.0410. The largest absolute Gasteiger partial charge is 0.342 e. The molecule has 156 valence electrons. The van der Waals surface area contributed by atoms with Gasteiger partial charge in [-0.15, -0.1) is 22.7 Å². The molecular weight excluding hydrogens is 432 g/mol. The van der Waals surface area contributed by atoms with Crippen LogP contribution in [0.3, 0.4) is 0 Å². The third kappa shape index (κ3) is 5.33. The van der Waals surface area contributed by atoms with Crippen LogP contribution < -0.4 is 10.6 Å². The fourth-order valence-corrected chi connectivity index (χ4v) is 4.04. The Morgan fingerprint density at radius 1 is 1.10 bits per heavy atom. The first-order chi connectivity index (χ1) is 15.1. The number of amides is 2. The third-order valence-corrected chi connectivity index (χ3v) is 5.90. The van der Waals surface area contributed by atoms with Gasteiger partial charge in [-0.3, -0.25) is 9.59 Å². The van der Waals surface area contributed by atoms with Crippen LogP contribution in [0.1, 0.15) is 26.7 Å². The van der Waals surface area contributed by atoms with E-state index in [1.807, 2.05) is 48.0 Å². The molecule has 7 nitrogen and oxygen atoms in total.